The zero-order chi connectivity index (χ0) is 32.9. The van der Waals surface area contributed by atoms with Crippen LogP contribution in [0, 0.1) is 18.7 Å². The number of halogens is 4. The van der Waals surface area contributed by atoms with Crippen molar-refractivity contribution in [2.24, 2.45) is 11.7 Å². The Labute approximate surface area is 261 Å². The van der Waals surface area contributed by atoms with Gasteiger partial charge < -0.3 is 15.2 Å². The van der Waals surface area contributed by atoms with Gasteiger partial charge in [-0.25, -0.2) is 9.18 Å². The zero-order valence-corrected chi connectivity index (χ0v) is 25.6. The summed E-state index contributed by atoms with van der Waals surface area (Å²) in [7, 11) is 0. The molecule has 238 valence electrons. The normalized spacial score (nSPS) is 18.2. The number of esters is 2. The fourth-order valence-electron chi connectivity index (χ4n) is 5.34. The molecule has 2 aliphatic rings. The van der Waals surface area contributed by atoms with E-state index in [9.17, 15) is 31.9 Å². The van der Waals surface area contributed by atoms with Crippen LogP contribution in [0.25, 0.3) is 0 Å². The first-order valence-corrected chi connectivity index (χ1v) is 15.1. The maximum atomic E-state index is 13.9. The number of Topliss-reactive ketones (excluding diaryl/α,β-unsaturated/α-hetero) is 1. The van der Waals surface area contributed by atoms with Crippen molar-refractivity contribution in [2.45, 2.75) is 45.7 Å². The van der Waals surface area contributed by atoms with Gasteiger partial charge in [0, 0.05) is 21.8 Å². The first-order valence-electron chi connectivity index (χ1n) is 14.2. The van der Waals surface area contributed by atoms with Crippen molar-refractivity contribution in [1.29, 1.82) is 0 Å². The first-order chi connectivity index (χ1) is 21.4. The average Bonchev–Trinajstić information content (AvgIpc) is 3.48. The molecule has 0 saturated carbocycles. The van der Waals surface area contributed by atoms with Crippen molar-refractivity contribution < 1.29 is 41.4 Å². The molecule has 0 fully saturated rings. The van der Waals surface area contributed by atoms with E-state index in [4.69, 9.17) is 15.2 Å². The van der Waals surface area contributed by atoms with E-state index in [0.717, 1.165) is 24.3 Å². The molecule has 2 aromatic carbocycles. The van der Waals surface area contributed by atoms with Gasteiger partial charge in [-0.15, -0.1) is 11.3 Å². The third-order valence-electron chi connectivity index (χ3n) is 7.29. The van der Waals surface area contributed by atoms with Crippen LogP contribution in [0.3, 0.4) is 0 Å². The Morgan fingerprint density at radius 2 is 1.71 bits per heavy atom. The summed E-state index contributed by atoms with van der Waals surface area (Å²) < 4.78 is 64.9. The Morgan fingerprint density at radius 1 is 1.02 bits per heavy atom. The number of alkyl halides is 3. The minimum Gasteiger partial charge on any atom is -0.465 e. The topological polar surface area (TPSA) is 98.9 Å². The van der Waals surface area contributed by atoms with E-state index in [1.54, 1.807) is 25.2 Å². The molecule has 3 aromatic rings. The van der Waals surface area contributed by atoms with Crippen LogP contribution >= 0.6 is 11.3 Å². The average molecular weight is 645 g/mol. The number of thiophene rings is 1. The van der Waals surface area contributed by atoms with Gasteiger partial charge in [0.25, 0.3) is 0 Å². The molecule has 0 saturated heterocycles. The lowest BCUT2D eigenvalue weighted by Gasteiger charge is -2.41. The Morgan fingerprint density at radius 3 is 2.27 bits per heavy atom. The third-order valence-corrected chi connectivity index (χ3v) is 8.09. The molecule has 2 heterocycles. The van der Waals surface area contributed by atoms with E-state index in [-0.39, 0.29) is 54.4 Å². The summed E-state index contributed by atoms with van der Waals surface area (Å²) in [4.78, 5) is 42.5. The highest BCUT2D eigenvalue weighted by atomic mass is 32.1. The summed E-state index contributed by atoms with van der Waals surface area (Å²) in [6, 6.07) is 13.5. The maximum Gasteiger partial charge on any atom is 0.416 e. The van der Waals surface area contributed by atoms with E-state index in [1.807, 2.05) is 0 Å². The lowest BCUT2D eigenvalue weighted by atomic mass is 9.72. The van der Waals surface area contributed by atoms with Gasteiger partial charge in [-0.2, -0.15) is 13.2 Å². The third kappa shape index (κ3) is 7.28. The SMILES string of the molecule is CCOC(=O)C1=C(N)N(c2cccc(C(F)(F)F)c2)C2=C(C(=O)C(C(=O)OCC)CC2)C1c1ccc(F)cc1.Cc1cccs1. The van der Waals surface area contributed by atoms with Crippen LogP contribution in [-0.2, 0) is 30.0 Å². The van der Waals surface area contributed by atoms with Crippen molar-refractivity contribution in [3.8, 4) is 0 Å². The Hall–Kier alpha value is -4.45. The molecule has 12 heteroatoms. The summed E-state index contributed by atoms with van der Waals surface area (Å²) in [6.45, 7) is 5.23. The number of rotatable bonds is 6. The van der Waals surface area contributed by atoms with Crippen molar-refractivity contribution in [2.75, 3.05) is 18.1 Å². The van der Waals surface area contributed by atoms with Gasteiger partial charge in [0.15, 0.2) is 5.78 Å². The molecule has 2 unspecified atom stereocenters. The van der Waals surface area contributed by atoms with Gasteiger partial charge >= 0.3 is 18.1 Å². The Bertz CT molecular complexity index is 1610. The largest absolute Gasteiger partial charge is 0.465 e. The van der Waals surface area contributed by atoms with Gasteiger partial charge in [-0.05, 0) is 81.0 Å². The summed E-state index contributed by atoms with van der Waals surface area (Å²) in [5, 5.41) is 2.08. The molecular formula is C33H32F4N2O5S. The van der Waals surface area contributed by atoms with Gasteiger partial charge in [-0.3, -0.25) is 14.5 Å². The monoisotopic (exact) mass is 644 g/mol. The fraction of sp³-hybridized carbons (Fsp3) is 0.303. The molecule has 5 rings (SSSR count). The highest BCUT2D eigenvalue weighted by Gasteiger charge is 2.47. The molecule has 0 amide bonds. The van der Waals surface area contributed by atoms with Crippen LogP contribution in [0.4, 0.5) is 23.2 Å². The summed E-state index contributed by atoms with van der Waals surface area (Å²) in [6.07, 6.45) is -4.58. The number of nitrogens with two attached hydrogens (primary N) is 1. The molecule has 1 aliphatic heterocycles. The molecule has 1 aromatic heterocycles. The minimum absolute atomic E-state index is 0.0134. The van der Waals surface area contributed by atoms with Crippen LogP contribution in [0.15, 0.2) is 88.7 Å². The van der Waals surface area contributed by atoms with E-state index in [1.165, 1.54) is 34.0 Å². The standard InChI is InChI=1S/C28H26F4N2O5.C5H6S/c1-3-38-26(36)19-12-13-20-22(24(19)35)21(15-8-10-17(29)11-9-15)23(27(37)39-4-2)25(33)34(20)18-7-5-6-16(14-18)28(30,31)32;1-5-3-2-4-6-5/h5-11,14,19,21H,3-4,12-13,33H2,1-2H3;2-4H,1H3. The summed E-state index contributed by atoms with van der Waals surface area (Å²) in [5.41, 5.74) is 5.85. The molecule has 1 aliphatic carbocycles. The number of hydrogen-bond donors (Lipinski definition) is 1. The molecule has 7 nitrogen and oxygen atoms in total. The highest BCUT2D eigenvalue weighted by Crippen LogP contribution is 2.48. The second-order valence-electron chi connectivity index (χ2n) is 10.2. The van der Waals surface area contributed by atoms with Crippen LogP contribution in [-0.4, -0.2) is 30.9 Å². The number of hydrogen-bond acceptors (Lipinski definition) is 8. The molecule has 45 heavy (non-hydrogen) atoms. The van der Waals surface area contributed by atoms with Crippen molar-refractivity contribution >= 4 is 34.7 Å². The van der Waals surface area contributed by atoms with Crippen LogP contribution in [0.2, 0.25) is 0 Å². The van der Waals surface area contributed by atoms with Crippen molar-refractivity contribution in [3.05, 3.63) is 111 Å². The van der Waals surface area contributed by atoms with E-state index in [2.05, 4.69) is 24.4 Å². The number of ether oxygens (including phenoxy) is 2. The quantitative estimate of drug-likeness (QED) is 0.175. The number of ketones is 1. The second-order valence-corrected chi connectivity index (χ2v) is 11.3. The second kappa shape index (κ2) is 14.1. The van der Waals surface area contributed by atoms with Gasteiger partial charge in [-0.1, -0.05) is 24.3 Å². The number of allylic oxidation sites excluding steroid dienone is 2. The number of anilines is 1. The molecule has 0 bridgehead atoms. The minimum atomic E-state index is -4.67. The molecule has 2 N–H and O–H groups in total. The van der Waals surface area contributed by atoms with Crippen LogP contribution in [0.1, 0.15) is 48.6 Å². The van der Waals surface area contributed by atoms with Crippen molar-refractivity contribution in [3.63, 3.8) is 0 Å². The molecule has 0 radical (unpaired) electrons. The number of nitrogens with zero attached hydrogens (tertiary/aromatic N) is 1. The predicted molar refractivity (Wildman–Crippen MR) is 161 cm³/mol. The Balaban J connectivity index is 0.000000687. The van der Waals surface area contributed by atoms with Crippen LogP contribution < -0.4 is 10.6 Å². The van der Waals surface area contributed by atoms with Crippen molar-refractivity contribution in [1.82, 2.24) is 0 Å². The van der Waals surface area contributed by atoms with Gasteiger partial charge in [0.2, 0.25) is 0 Å². The maximum absolute atomic E-state index is 13.9. The molecule has 0 spiro atoms. The Kier molecular flexibility index (Phi) is 10.5. The van der Waals surface area contributed by atoms with E-state index < -0.39 is 47.1 Å². The first kappa shape index (κ1) is 33.4. The van der Waals surface area contributed by atoms with E-state index in [0.29, 0.717) is 5.56 Å². The van der Waals surface area contributed by atoms with Crippen LogP contribution in [0.5, 0.6) is 0 Å². The zero-order valence-electron chi connectivity index (χ0n) is 24.8. The van der Waals surface area contributed by atoms with Gasteiger partial charge in [0.1, 0.15) is 17.6 Å². The lowest BCUT2D eigenvalue weighted by molar-refractivity contribution is -0.151. The summed E-state index contributed by atoms with van der Waals surface area (Å²) >= 11 is 1.78. The van der Waals surface area contributed by atoms with Gasteiger partial charge in [0.05, 0.1) is 30.3 Å². The summed E-state index contributed by atoms with van der Waals surface area (Å²) in [5.74, 6) is -5.47. The lowest BCUT2D eigenvalue weighted by Crippen LogP contribution is -2.44. The number of carbonyl (C=O) groups is 3. The van der Waals surface area contributed by atoms with E-state index >= 15 is 0 Å². The molecular weight excluding hydrogens is 612 g/mol. The number of benzene rings is 2. The smallest absolute Gasteiger partial charge is 0.416 e. The number of aryl methyl sites for hydroxylation is 1. The highest BCUT2D eigenvalue weighted by molar-refractivity contribution is 7.09. The fourth-order valence-corrected chi connectivity index (χ4v) is 5.87. The molecule has 2 atom stereocenters. The number of carbonyl (C=O) groups excluding carboxylic acids is 3. The predicted octanol–water partition coefficient (Wildman–Crippen LogP) is 7.03.